The zero-order valence-electron chi connectivity index (χ0n) is 8.95. The molecule has 0 aromatic carbocycles. The second-order valence-corrected chi connectivity index (χ2v) is 3.73. The Morgan fingerprint density at radius 1 is 1.27 bits per heavy atom. The van der Waals surface area contributed by atoms with Crippen LogP contribution in [0.1, 0.15) is 26.2 Å². The smallest absolute Gasteiger partial charge is 0.318 e. The van der Waals surface area contributed by atoms with Crippen molar-refractivity contribution in [3.8, 4) is 0 Å². The Hall–Kier alpha value is -1.30. The van der Waals surface area contributed by atoms with Crippen LogP contribution >= 0.6 is 0 Å². The topological polar surface area (TPSA) is 87.5 Å². The number of nitrogens with one attached hydrogen (secondary N) is 2. The van der Waals surface area contributed by atoms with Crippen molar-refractivity contribution in [3.05, 3.63) is 0 Å². The van der Waals surface area contributed by atoms with E-state index in [0.717, 1.165) is 25.9 Å². The van der Waals surface area contributed by atoms with Crippen LogP contribution < -0.4 is 16.6 Å². The highest BCUT2D eigenvalue weighted by atomic mass is 16.2. The lowest BCUT2D eigenvalue weighted by molar-refractivity contribution is -0.122. The molecule has 1 fully saturated rings. The summed E-state index contributed by atoms with van der Waals surface area (Å²) in [6, 6.07) is -0.782. The monoisotopic (exact) mass is 214 g/mol. The predicted octanol–water partition coefficient (Wildman–Crippen LogP) is -0.440. The number of amides is 3. The fraction of sp³-hybridized carbons (Fsp3) is 0.778. The minimum atomic E-state index is -0.593. The van der Waals surface area contributed by atoms with Gasteiger partial charge in [0.1, 0.15) is 6.04 Å². The number of carbonyl (C=O) groups excluding carboxylic acids is 2. The molecular weight excluding hydrogens is 196 g/mol. The Kier molecular flexibility index (Phi) is 4.36. The zero-order valence-corrected chi connectivity index (χ0v) is 8.95. The average molecular weight is 214 g/mol. The van der Waals surface area contributed by atoms with Gasteiger partial charge in [0.25, 0.3) is 5.91 Å². The van der Waals surface area contributed by atoms with Gasteiger partial charge in [-0.15, -0.1) is 0 Å². The molecule has 0 radical (unpaired) electrons. The van der Waals surface area contributed by atoms with Gasteiger partial charge in [0.2, 0.25) is 0 Å². The van der Waals surface area contributed by atoms with E-state index in [0.29, 0.717) is 0 Å². The SMILES string of the molecule is C[C@H](NC(=O)N1CCCCC1)C(=O)NN. The Bertz CT molecular complexity index is 238. The number of nitrogens with zero attached hydrogens (tertiary/aromatic N) is 1. The molecule has 0 unspecified atom stereocenters. The molecule has 1 aliphatic heterocycles. The molecule has 15 heavy (non-hydrogen) atoms. The van der Waals surface area contributed by atoms with Crippen LogP contribution in [0.3, 0.4) is 0 Å². The molecule has 0 bridgehead atoms. The quantitative estimate of drug-likeness (QED) is 0.331. The molecule has 0 saturated carbocycles. The predicted molar refractivity (Wildman–Crippen MR) is 55.7 cm³/mol. The molecule has 1 rings (SSSR count). The van der Waals surface area contributed by atoms with Crippen molar-refractivity contribution in [2.24, 2.45) is 5.84 Å². The van der Waals surface area contributed by atoms with Crippen molar-refractivity contribution in [1.82, 2.24) is 15.6 Å². The summed E-state index contributed by atoms with van der Waals surface area (Å²) >= 11 is 0. The van der Waals surface area contributed by atoms with Crippen LogP contribution in [0, 0.1) is 0 Å². The van der Waals surface area contributed by atoms with E-state index >= 15 is 0 Å². The van der Waals surface area contributed by atoms with Crippen molar-refractivity contribution < 1.29 is 9.59 Å². The van der Waals surface area contributed by atoms with E-state index in [1.165, 1.54) is 6.42 Å². The van der Waals surface area contributed by atoms with Crippen molar-refractivity contribution in [2.75, 3.05) is 13.1 Å². The minimum Gasteiger partial charge on any atom is -0.326 e. The van der Waals surface area contributed by atoms with E-state index in [1.807, 2.05) is 5.43 Å². The van der Waals surface area contributed by atoms with Gasteiger partial charge in [-0.3, -0.25) is 10.2 Å². The molecule has 1 heterocycles. The third-order valence-corrected chi connectivity index (χ3v) is 2.52. The van der Waals surface area contributed by atoms with E-state index in [-0.39, 0.29) is 11.9 Å². The van der Waals surface area contributed by atoms with Crippen LogP contribution in [-0.2, 0) is 4.79 Å². The summed E-state index contributed by atoms with van der Waals surface area (Å²) in [6.45, 7) is 3.13. The number of rotatable bonds is 2. The summed E-state index contributed by atoms with van der Waals surface area (Å²) < 4.78 is 0. The largest absolute Gasteiger partial charge is 0.326 e. The fourth-order valence-electron chi connectivity index (χ4n) is 1.56. The molecular formula is C9H18N4O2. The summed E-state index contributed by atoms with van der Waals surface area (Å²) in [4.78, 5) is 24.4. The Balaban J connectivity index is 2.36. The average Bonchev–Trinajstić information content (AvgIpc) is 2.29. The van der Waals surface area contributed by atoms with Gasteiger partial charge in [-0.25, -0.2) is 10.6 Å². The lowest BCUT2D eigenvalue weighted by Crippen LogP contribution is -2.52. The van der Waals surface area contributed by atoms with Gasteiger partial charge in [0.05, 0.1) is 0 Å². The van der Waals surface area contributed by atoms with Crippen LogP contribution in [0.2, 0.25) is 0 Å². The Morgan fingerprint density at radius 2 is 1.87 bits per heavy atom. The standard InChI is InChI=1S/C9H18N4O2/c1-7(8(14)12-10)11-9(15)13-5-3-2-4-6-13/h7H,2-6,10H2,1H3,(H,11,15)(H,12,14)/t7-/m0/s1. The number of hydrogen-bond donors (Lipinski definition) is 3. The highest BCUT2D eigenvalue weighted by Crippen LogP contribution is 2.08. The lowest BCUT2D eigenvalue weighted by Gasteiger charge is -2.27. The molecule has 0 aromatic heterocycles. The van der Waals surface area contributed by atoms with Crippen LogP contribution in [0.15, 0.2) is 0 Å². The summed E-state index contributed by atoms with van der Waals surface area (Å²) in [5.41, 5.74) is 2.00. The number of carbonyl (C=O) groups is 2. The first-order valence-electron chi connectivity index (χ1n) is 5.21. The maximum absolute atomic E-state index is 11.6. The number of hydrogen-bond acceptors (Lipinski definition) is 3. The van der Waals surface area contributed by atoms with E-state index < -0.39 is 6.04 Å². The van der Waals surface area contributed by atoms with E-state index in [4.69, 9.17) is 5.84 Å². The normalized spacial score (nSPS) is 18.1. The van der Waals surface area contributed by atoms with Gasteiger partial charge in [0, 0.05) is 13.1 Å². The van der Waals surface area contributed by atoms with E-state index in [9.17, 15) is 9.59 Å². The second-order valence-electron chi connectivity index (χ2n) is 3.73. The number of urea groups is 1. The number of hydrazine groups is 1. The van der Waals surface area contributed by atoms with Crippen molar-refractivity contribution in [2.45, 2.75) is 32.2 Å². The van der Waals surface area contributed by atoms with E-state index in [2.05, 4.69) is 5.32 Å². The number of nitrogens with two attached hydrogens (primary N) is 1. The molecule has 0 aliphatic carbocycles. The van der Waals surface area contributed by atoms with Crippen LogP contribution in [0.4, 0.5) is 4.79 Å². The Labute approximate surface area is 89.1 Å². The van der Waals surface area contributed by atoms with Crippen LogP contribution in [0.25, 0.3) is 0 Å². The minimum absolute atomic E-state index is 0.189. The Morgan fingerprint density at radius 3 is 2.40 bits per heavy atom. The molecule has 0 aromatic rings. The number of likely N-dealkylation sites (tertiary alicyclic amines) is 1. The van der Waals surface area contributed by atoms with Crippen molar-refractivity contribution in [1.29, 1.82) is 0 Å². The molecule has 0 spiro atoms. The van der Waals surface area contributed by atoms with Crippen molar-refractivity contribution >= 4 is 11.9 Å². The van der Waals surface area contributed by atoms with Gasteiger partial charge >= 0.3 is 6.03 Å². The molecule has 1 atom stereocenters. The van der Waals surface area contributed by atoms with Crippen molar-refractivity contribution in [3.63, 3.8) is 0 Å². The third kappa shape index (κ3) is 3.39. The first kappa shape index (κ1) is 11.8. The highest BCUT2D eigenvalue weighted by molar-refractivity contribution is 5.86. The third-order valence-electron chi connectivity index (χ3n) is 2.52. The summed E-state index contributed by atoms with van der Waals surface area (Å²) in [5.74, 6) is 4.57. The first-order valence-corrected chi connectivity index (χ1v) is 5.21. The highest BCUT2D eigenvalue weighted by Gasteiger charge is 2.20. The zero-order chi connectivity index (χ0) is 11.3. The van der Waals surface area contributed by atoms with Gasteiger partial charge in [-0.2, -0.15) is 0 Å². The van der Waals surface area contributed by atoms with Gasteiger partial charge in [-0.05, 0) is 26.2 Å². The summed E-state index contributed by atoms with van der Waals surface area (Å²) in [7, 11) is 0. The van der Waals surface area contributed by atoms with Crippen LogP contribution in [-0.4, -0.2) is 36.0 Å². The summed E-state index contributed by atoms with van der Waals surface area (Å²) in [5, 5.41) is 2.60. The molecule has 1 aliphatic rings. The van der Waals surface area contributed by atoms with Crippen LogP contribution in [0.5, 0.6) is 0 Å². The second kappa shape index (κ2) is 5.55. The first-order chi connectivity index (χ1) is 7.15. The van der Waals surface area contributed by atoms with Gasteiger partial charge in [-0.1, -0.05) is 0 Å². The maximum atomic E-state index is 11.6. The lowest BCUT2D eigenvalue weighted by atomic mass is 10.1. The molecule has 6 nitrogen and oxygen atoms in total. The van der Waals surface area contributed by atoms with Gasteiger partial charge in [0.15, 0.2) is 0 Å². The molecule has 86 valence electrons. The fourth-order valence-corrected chi connectivity index (χ4v) is 1.56. The molecule has 6 heteroatoms. The number of piperidine rings is 1. The molecule has 3 amide bonds. The summed E-state index contributed by atoms with van der Waals surface area (Å²) in [6.07, 6.45) is 3.23. The molecule has 4 N–H and O–H groups in total. The maximum Gasteiger partial charge on any atom is 0.318 e. The van der Waals surface area contributed by atoms with Gasteiger partial charge < -0.3 is 10.2 Å². The van der Waals surface area contributed by atoms with E-state index in [1.54, 1.807) is 11.8 Å². The molecule has 1 saturated heterocycles.